The Hall–Kier alpha value is -1.68. The molecule has 1 aliphatic heterocycles. The third-order valence-corrected chi connectivity index (χ3v) is 8.18. The van der Waals surface area contributed by atoms with Crippen LogP contribution in [0.4, 0.5) is 0 Å². The molecule has 5 rings (SSSR count). The molecular formula is C28H36O3. The Balaban J connectivity index is 1.27. The number of benzene rings is 2. The summed E-state index contributed by atoms with van der Waals surface area (Å²) in [5.74, 6) is 0.750. The average molecular weight is 421 g/mol. The molecule has 2 N–H and O–H groups in total. The molecule has 3 heteroatoms. The molecule has 3 aliphatic rings. The molecule has 3 atom stereocenters. The lowest BCUT2D eigenvalue weighted by Gasteiger charge is -2.32. The van der Waals surface area contributed by atoms with Gasteiger partial charge in [0.05, 0.1) is 24.9 Å². The summed E-state index contributed by atoms with van der Waals surface area (Å²) < 4.78 is 6.03. The summed E-state index contributed by atoms with van der Waals surface area (Å²) in [5, 5.41) is 19.7. The van der Waals surface area contributed by atoms with Gasteiger partial charge >= 0.3 is 0 Å². The van der Waals surface area contributed by atoms with Crippen LogP contribution in [-0.4, -0.2) is 29.0 Å². The molecule has 0 bridgehead atoms. The van der Waals surface area contributed by atoms with Gasteiger partial charge < -0.3 is 14.9 Å². The van der Waals surface area contributed by atoms with Crippen LogP contribution in [0.2, 0.25) is 0 Å². The first-order valence-corrected chi connectivity index (χ1v) is 12.2. The van der Waals surface area contributed by atoms with Crippen molar-refractivity contribution in [2.24, 2.45) is 5.41 Å². The summed E-state index contributed by atoms with van der Waals surface area (Å²) in [6.45, 7) is 2.12. The topological polar surface area (TPSA) is 49.7 Å². The maximum atomic E-state index is 10.2. The molecule has 3 nitrogen and oxygen atoms in total. The summed E-state index contributed by atoms with van der Waals surface area (Å²) in [6.07, 6.45) is 9.72. The molecule has 3 fully saturated rings. The van der Waals surface area contributed by atoms with Crippen molar-refractivity contribution >= 4 is 0 Å². The van der Waals surface area contributed by atoms with E-state index in [1.54, 1.807) is 0 Å². The fraction of sp³-hybridized carbons (Fsp3) is 0.571. The molecule has 31 heavy (non-hydrogen) atoms. The van der Waals surface area contributed by atoms with E-state index in [2.05, 4.69) is 49.4 Å². The van der Waals surface area contributed by atoms with E-state index in [1.165, 1.54) is 60.8 Å². The highest BCUT2D eigenvalue weighted by Gasteiger charge is 2.44. The molecule has 1 saturated heterocycles. The van der Waals surface area contributed by atoms with Gasteiger partial charge in [-0.3, -0.25) is 0 Å². The quantitative estimate of drug-likeness (QED) is 0.662. The van der Waals surface area contributed by atoms with Crippen LogP contribution in [0.5, 0.6) is 0 Å². The number of ether oxygens (including phenoxy) is 1. The predicted molar refractivity (Wildman–Crippen MR) is 123 cm³/mol. The summed E-state index contributed by atoms with van der Waals surface area (Å²) >= 11 is 0. The highest BCUT2D eigenvalue weighted by atomic mass is 16.5. The van der Waals surface area contributed by atoms with E-state index in [-0.39, 0.29) is 18.8 Å². The van der Waals surface area contributed by atoms with E-state index in [0.717, 1.165) is 23.3 Å². The Labute approximate surface area is 186 Å². The molecule has 2 aromatic rings. The second-order valence-corrected chi connectivity index (χ2v) is 10.4. The van der Waals surface area contributed by atoms with Crippen molar-refractivity contribution in [1.82, 2.24) is 0 Å². The Kier molecular flexibility index (Phi) is 5.94. The van der Waals surface area contributed by atoms with E-state index in [0.29, 0.717) is 12.8 Å². The molecule has 2 aromatic carbocycles. The van der Waals surface area contributed by atoms with Gasteiger partial charge in [-0.15, -0.1) is 0 Å². The molecule has 166 valence electrons. The van der Waals surface area contributed by atoms with Gasteiger partial charge in [-0.1, -0.05) is 42.5 Å². The van der Waals surface area contributed by atoms with Crippen molar-refractivity contribution in [3.05, 3.63) is 70.3 Å². The van der Waals surface area contributed by atoms with Gasteiger partial charge in [0.2, 0.25) is 0 Å². The molecule has 1 heterocycles. The summed E-state index contributed by atoms with van der Waals surface area (Å²) in [5.41, 5.74) is 7.31. The molecule has 1 spiro atoms. The third-order valence-electron chi connectivity index (χ3n) is 8.18. The minimum atomic E-state index is -0.414. The monoisotopic (exact) mass is 420 g/mol. The van der Waals surface area contributed by atoms with Gasteiger partial charge in [-0.2, -0.15) is 0 Å². The fourth-order valence-corrected chi connectivity index (χ4v) is 5.77. The lowest BCUT2D eigenvalue weighted by Crippen LogP contribution is -2.33. The SMILES string of the molecule is Cc1ccc(C2CC(O)CC(CO)O2)cc1Cc1ccc(C2CCC3(CC2)CC3)cc1. The second kappa shape index (κ2) is 8.69. The standard InChI is InChI=1S/C28H36O3/c1-19-2-5-23(27-17-25(30)16-26(18-29)31-27)15-24(19)14-20-3-6-21(7-4-20)22-8-10-28(11-9-22)12-13-28/h2-7,15,22,25-27,29-30H,8-14,16-18H2,1H3. The number of hydrogen-bond donors (Lipinski definition) is 2. The minimum absolute atomic E-state index is 0.0411. The van der Waals surface area contributed by atoms with Crippen LogP contribution in [0.3, 0.4) is 0 Å². The Morgan fingerprint density at radius 2 is 1.65 bits per heavy atom. The normalized spacial score (nSPS) is 28.0. The van der Waals surface area contributed by atoms with Crippen molar-refractivity contribution < 1.29 is 14.9 Å². The van der Waals surface area contributed by atoms with Gasteiger partial charge in [0.1, 0.15) is 0 Å². The minimum Gasteiger partial charge on any atom is -0.394 e. The lowest BCUT2D eigenvalue weighted by molar-refractivity contribution is -0.113. The molecule has 2 saturated carbocycles. The average Bonchev–Trinajstić information content (AvgIpc) is 3.54. The first kappa shape index (κ1) is 21.2. The summed E-state index contributed by atoms with van der Waals surface area (Å²) in [7, 11) is 0. The summed E-state index contributed by atoms with van der Waals surface area (Å²) in [6, 6.07) is 15.8. The van der Waals surface area contributed by atoms with E-state index in [4.69, 9.17) is 4.74 Å². The largest absolute Gasteiger partial charge is 0.394 e. The number of aliphatic hydroxyl groups excluding tert-OH is 2. The molecular weight excluding hydrogens is 384 g/mol. The van der Waals surface area contributed by atoms with Crippen molar-refractivity contribution in [3.63, 3.8) is 0 Å². The van der Waals surface area contributed by atoms with Crippen LogP contribution in [0.25, 0.3) is 0 Å². The third kappa shape index (κ3) is 4.74. The maximum absolute atomic E-state index is 10.2. The zero-order valence-corrected chi connectivity index (χ0v) is 18.7. The molecule has 0 amide bonds. The Morgan fingerprint density at radius 3 is 2.32 bits per heavy atom. The number of rotatable bonds is 5. The molecule has 3 unspecified atom stereocenters. The number of hydrogen-bond acceptors (Lipinski definition) is 3. The highest BCUT2D eigenvalue weighted by molar-refractivity contribution is 5.37. The van der Waals surface area contributed by atoms with Gasteiger partial charge in [0.15, 0.2) is 0 Å². The van der Waals surface area contributed by atoms with E-state index < -0.39 is 6.10 Å². The van der Waals surface area contributed by atoms with Gasteiger partial charge in [0, 0.05) is 12.8 Å². The van der Waals surface area contributed by atoms with Crippen LogP contribution < -0.4 is 0 Å². The van der Waals surface area contributed by atoms with Crippen molar-refractivity contribution in [2.75, 3.05) is 6.61 Å². The van der Waals surface area contributed by atoms with E-state index in [1.807, 2.05) is 0 Å². The van der Waals surface area contributed by atoms with Gasteiger partial charge in [-0.25, -0.2) is 0 Å². The van der Waals surface area contributed by atoms with E-state index >= 15 is 0 Å². The first-order chi connectivity index (χ1) is 15.0. The first-order valence-electron chi connectivity index (χ1n) is 12.2. The molecule has 0 radical (unpaired) electrons. The van der Waals surface area contributed by atoms with Crippen LogP contribution in [-0.2, 0) is 11.2 Å². The van der Waals surface area contributed by atoms with Gasteiger partial charge in [-0.05, 0) is 91.0 Å². The zero-order chi connectivity index (χ0) is 21.4. The Morgan fingerprint density at radius 1 is 0.935 bits per heavy atom. The van der Waals surface area contributed by atoms with Crippen molar-refractivity contribution in [3.8, 4) is 0 Å². The van der Waals surface area contributed by atoms with Crippen LogP contribution in [0.15, 0.2) is 42.5 Å². The van der Waals surface area contributed by atoms with E-state index in [9.17, 15) is 10.2 Å². The maximum Gasteiger partial charge on any atom is 0.0854 e. The summed E-state index contributed by atoms with van der Waals surface area (Å²) in [4.78, 5) is 0. The van der Waals surface area contributed by atoms with Crippen LogP contribution in [0, 0.1) is 12.3 Å². The van der Waals surface area contributed by atoms with Gasteiger partial charge in [0.25, 0.3) is 0 Å². The fourth-order valence-electron chi connectivity index (χ4n) is 5.77. The number of aryl methyl sites for hydroxylation is 1. The van der Waals surface area contributed by atoms with Crippen molar-refractivity contribution in [2.45, 2.75) is 88.9 Å². The lowest BCUT2D eigenvalue weighted by atomic mass is 9.77. The smallest absolute Gasteiger partial charge is 0.0854 e. The van der Waals surface area contributed by atoms with Crippen LogP contribution >= 0.6 is 0 Å². The molecule has 0 aromatic heterocycles. The molecule has 2 aliphatic carbocycles. The van der Waals surface area contributed by atoms with Crippen LogP contribution in [0.1, 0.15) is 91.2 Å². The zero-order valence-electron chi connectivity index (χ0n) is 18.7. The Bertz CT molecular complexity index is 889. The number of aliphatic hydroxyl groups is 2. The van der Waals surface area contributed by atoms with Crippen molar-refractivity contribution in [1.29, 1.82) is 0 Å². The predicted octanol–water partition coefficient (Wildman–Crippen LogP) is 5.60. The second-order valence-electron chi connectivity index (χ2n) is 10.4. The highest BCUT2D eigenvalue weighted by Crippen LogP contribution is 2.58.